The number of imidazole rings is 1. The molecular weight excluding hydrogens is 255 g/mol. The maximum atomic E-state index is 5.90. The Bertz CT molecular complexity index is 453. The standard InChI is InChI=1S/C7H6BrClN4/c1-10-6-7-11-2-5(9)13(7)3-4(8)12-6/h2-3H,1H3,(H,10,12). The lowest BCUT2D eigenvalue weighted by Gasteiger charge is -2.02. The molecule has 0 aliphatic heterocycles. The first-order chi connectivity index (χ1) is 6.22. The predicted molar refractivity (Wildman–Crippen MR) is 55.2 cm³/mol. The van der Waals surface area contributed by atoms with E-state index in [1.54, 1.807) is 23.8 Å². The molecular formula is C7H6BrClN4. The van der Waals surface area contributed by atoms with Gasteiger partial charge >= 0.3 is 0 Å². The summed E-state index contributed by atoms with van der Waals surface area (Å²) in [6, 6.07) is 0. The summed E-state index contributed by atoms with van der Waals surface area (Å²) in [6.07, 6.45) is 3.36. The van der Waals surface area contributed by atoms with Crippen LogP contribution in [0, 0.1) is 0 Å². The first kappa shape index (κ1) is 8.77. The van der Waals surface area contributed by atoms with Crippen LogP contribution < -0.4 is 5.32 Å². The van der Waals surface area contributed by atoms with Gasteiger partial charge in [0.05, 0.1) is 6.20 Å². The van der Waals surface area contributed by atoms with Crippen molar-refractivity contribution >= 4 is 39.0 Å². The van der Waals surface area contributed by atoms with Crippen molar-refractivity contribution in [2.75, 3.05) is 12.4 Å². The molecule has 6 heteroatoms. The third-order valence-electron chi connectivity index (χ3n) is 1.65. The molecule has 0 aromatic carbocycles. The monoisotopic (exact) mass is 260 g/mol. The van der Waals surface area contributed by atoms with E-state index in [4.69, 9.17) is 11.6 Å². The van der Waals surface area contributed by atoms with Gasteiger partial charge in [-0.05, 0) is 15.9 Å². The van der Waals surface area contributed by atoms with Crippen LogP contribution >= 0.6 is 27.5 Å². The molecule has 1 N–H and O–H groups in total. The second kappa shape index (κ2) is 3.16. The van der Waals surface area contributed by atoms with Crippen LogP contribution in [-0.2, 0) is 0 Å². The number of fused-ring (bicyclic) bond motifs is 1. The van der Waals surface area contributed by atoms with E-state index in [0.29, 0.717) is 15.6 Å². The molecule has 4 nitrogen and oxygen atoms in total. The van der Waals surface area contributed by atoms with Crippen LogP contribution in [0.3, 0.4) is 0 Å². The molecule has 0 radical (unpaired) electrons. The van der Waals surface area contributed by atoms with Crippen molar-refractivity contribution in [2.24, 2.45) is 0 Å². The molecule has 0 atom stereocenters. The molecule has 2 aromatic heterocycles. The molecule has 0 spiro atoms. The number of hydrogen-bond acceptors (Lipinski definition) is 3. The molecule has 0 fully saturated rings. The minimum atomic E-state index is 0.564. The van der Waals surface area contributed by atoms with Crippen LogP contribution in [0.25, 0.3) is 5.65 Å². The van der Waals surface area contributed by atoms with Gasteiger partial charge in [0.1, 0.15) is 9.76 Å². The summed E-state index contributed by atoms with van der Waals surface area (Å²) in [4.78, 5) is 8.31. The number of nitrogens with one attached hydrogen (secondary N) is 1. The van der Waals surface area contributed by atoms with Gasteiger partial charge in [0.2, 0.25) is 0 Å². The van der Waals surface area contributed by atoms with Gasteiger partial charge in [0, 0.05) is 13.2 Å². The van der Waals surface area contributed by atoms with Gasteiger partial charge in [-0.15, -0.1) is 0 Å². The molecule has 0 unspecified atom stereocenters. The van der Waals surface area contributed by atoms with Gasteiger partial charge in [-0.25, -0.2) is 9.97 Å². The Morgan fingerprint density at radius 3 is 3.08 bits per heavy atom. The van der Waals surface area contributed by atoms with Crippen molar-refractivity contribution in [3.05, 3.63) is 22.1 Å². The summed E-state index contributed by atoms with van der Waals surface area (Å²) in [6.45, 7) is 0. The highest BCUT2D eigenvalue weighted by Crippen LogP contribution is 2.20. The Morgan fingerprint density at radius 1 is 1.62 bits per heavy atom. The summed E-state index contributed by atoms with van der Waals surface area (Å²) >= 11 is 9.18. The highest BCUT2D eigenvalue weighted by atomic mass is 79.9. The van der Waals surface area contributed by atoms with Gasteiger partial charge < -0.3 is 5.32 Å². The topological polar surface area (TPSA) is 42.2 Å². The van der Waals surface area contributed by atoms with Crippen molar-refractivity contribution in [3.63, 3.8) is 0 Å². The lowest BCUT2D eigenvalue weighted by molar-refractivity contribution is 1.10. The van der Waals surface area contributed by atoms with Crippen LogP contribution in [0.15, 0.2) is 17.0 Å². The Labute approximate surface area is 88.1 Å². The minimum absolute atomic E-state index is 0.564. The van der Waals surface area contributed by atoms with E-state index in [2.05, 4.69) is 31.2 Å². The van der Waals surface area contributed by atoms with Crippen molar-refractivity contribution in [1.82, 2.24) is 14.4 Å². The van der Waals surface area contributed by atoms with Crippen LogP contribution in [0.5, 0.6) is 0 Å². The van der Waals surface area contributed by atoms with Gasteiger partial charge in [-0.3, -0.25) is 4.40 Å². The van der Waals surface area contributed by atoms with Crippen LogP contribution in [0.2, 0.25) is 5.15 Å². The molecule has 0 saturated carbocycles. The lowest BCUT2D eigenvalue weighted by atomic mass is 10.6. The average molecular weight is 262 g/mol. The number of aromatic nitrogens is 3. The van der Waals surface area contributed by atoms with E-state index in [-0.39, 0.29) is 0 Å². The molecule has 0 aliphatic rings. The fourth-order valence-electron chi connectivity index (χ4n) is 1.10. The zero-order valence-electron chi connectivity index (χ0n) is 6.75. The summed E-state index contributed by atoms with van der Waals surface area (Å²) < 4.78 is 2.47. The fraction of sp³-hybridized carbons (Fsp3) is 0.143. The molecule has 0 bridgehead atoms. The van der Waals surface area contributed by atoms with E-state index < -0.39 is 0 Å². The smallest absolute Gasteiger partial charge is 0.181 e. The maximum Gasteiger partial charge on any atom is 0.181 e. The SMILES string of the molecule is CNc1nc(Br)cn2c(Cl)cnc12. The molecule has 2 heterocycles. The minimum Gasteiger partial charge on any atom is -0.370 e. The van der Waals surface area contributed by atoms with Gasteiger partial charge in [0.15, 0.2) is 11.5 Å². The largest absolute Gasteiger partial charge is 0.370 e. The Balaban J connectivity index is 2.84. The number of halogens is 2. The van der Waals surface area contributed by atoms with Gasteiger partial charge in [-0.1, -0.05) is 11.6 Å². The van der Waals surface area contributed by atoms with Crippen molar-refractivity contribution in [3.8, 4) is 0 Å². The van der Waals surface area contributed by atoms with Crippen molar-refractivity contribution in [1.29, 1.82) is 0 Å². The third-order valence-corrected chi connectivity index (χ3v) is 2.32. The van der Waals surface area contributed by atoms with E-state index in [1.165, 1.54) is 0 Å². The highest BCUT2D eigenvalue weighted by Gasteiger charge is 2.07. The van der Waals surface area contributed by atoms with Crippen LogP contribution in [0.1, 0.15) is 0 Å². The van der Waals surface area contributed by atoms with E-state index in [0.717, 1.165) is 5.65 Å². The summed E-state index contributed by atoms with van der Waals surface area (Å²) in [7, 11) is 1.79. The van der Waals surface area contributed by atoms with Crippen molar-refractivity contribution < 1.29 is 0 Å². The number of anilines is 1. The molecule has 2 aromatic rings. The highest BCUT2D eigenvalue weighted by molar-refractivity contribution is 9.10. The quantitative estimate of drug-likeness (QED) is 0.855. The third kappa shape index (κ3) is 1.38. The molecule has 0 amide bonds. The first-order valence-corrected chi connectivity index (χ1v) is 4.76. The number of rotatable bonds is 1. The predicted octanol–water partition coefficient (Wildman–Crippen LogP) is 2.19. The molecule has 2 rings (SSSR count). The van der Waals surface area contributed by atoms with Crippen LogP contribution in [-0.4, -0.2) is 21.4 Å². The summed E-state index contributed by atoms with van der Waals surface area (Å²) in [5.74, 6) is 0.696. The Kier molecular flexibility index (Phi) is 2.13. The summed E-state index contributed by atoms with van der Waals surface area (Å²) in [5, 5.41) is 3.51. The van der Waals surface area contributed by atoms with Gasteiger partial charge in [-0.2, -0.15) is 0 Å². The molecule has 0 saturated heterocycles. The normalized spacial score (nSPS) is 10.7. The van der Waals surface area contributed by atoms with Crippen LogP contribution in [0.4, 0.5) is 5.82 Å². The average Bonchev–Trinajstić information content (AvgIpc) is 2.47. The van der Waals surface area contributed by atoms with E-state index >= 15 is 0 Å². The fourth-order valence-corrected chi connectivity index (χ4v) is 1.66. The second-order valence-electron chi connectivity index (χ2n) is 2.44. The first-order valence-electron chi connectivity index (χ1n) is 3.59. The molecule has 0 aliphatic carbocycles. The summed E-state index contributed by atoms with van der Waals surface area (Å²) in [5.41, 5.74) is 0.718. The zero-order chi connectivity index (χ0) is 9.42. The van der Waals surface area contributed by atoms with Gasteiger partial charge in [0.25, 0.3) is 0 Å². The van der Waals surface area contributed by atoms with E-state index in [9.17, 15) is 0 Å². The number of nitrogens with zero attached hydrogens (tertiary/aromatic N) is 3. The number of hydrogen-bond donors (Lipinski definition) is 1. The molecule has 13 heavy (non-hydrogen) atoms. The van der Waals surface area contributed by atoms with E-state index in [1.807, 2.05) is 0 Å². The molecule has 68 valence electrons. The maximum absolute atomic E-state index is 5.90. The van der Waals surface area contributed by atoms with Crippen molar-refractivity contribution in [2.45, 2.75) is 0 Å². The Morgan fingerprint density at radius 2 is 2.38 bits per heavy atom. The second-order valence-corrected chi connectivity index (χ2v) is 3.64. The Hall–Kier alpha value is -0.810. The lowest BCUT2D eigenvalue weighted by Crippen LogP contribution is -1.98. The zero-order valence-corrected chi connectivity index (χ0v) is 9.09.